The first-order chi connectivity index (χ1) is 15.1. The van der Waals surface area contributed by atoms with Gasteiger partial charge in [0.1, 0.15) is 11.6 Å². The topological polar surface area (TPSA) is 45.1 Å². The van der Waals surface area contributed by atoms with Crippen molar-refractivity contribution in [2.24, 2.45) is 5.10 Å². The van der Waals surface area contributed by atoms with Crippen molar-refractivity contribution < 1.29 is 13.9 Å². The fraction of sp³-hybridized carbons (Fsp3) is 0.440. The molecule has 1 atom stereocenters. The zero-order valence-corrected chi connectivity index (χ0v) is 18.3. The predicted octanol–water partition coefficient (Wildman–Crippen LogP) is 4.78. The van der Waals surface area contributed by atoms with Crippen molar-refractivity contribution in [3.63, 3.8) is 0 Å². The Kier molecular flexibility index (Phi) is 6.66. The first-order valence-electron chi connectivity index (χ1n) is 11.1. The molecule has 0 radical (unpaired) electrons. The minimum absolute atomic E-state index is 0.0627. The third-order valence-corrected chi connectivity index (χ3v) is 6.40. The van der Waals surface area contributed by atoms with Gasteiger partial charge in [0.15, 0.2) is 0 Å². The molecule has 0 spiro atoms. The van der Waals surface area contributed by atoms with Crippen LogP contribution < -0.4 is 4.74 Å². The van der Waals surface area contributed by atoms with E-state index >= 15 is 0 Å². The summed E-state index contributed by atoms with van der Waals surface area (Å²) in [5.41, 5.74) is 2.39. The number of hydrazone groups is 1. The number of methoxy groups -OCH3 is 1. The Bertz CT molecular complexity index is 955. The molecule has 1 heterocycles. The molecule has 31 heavy (non-hydrogen) atoms. The molecule has 0 unspecified atom stereocenters. The molecule has 1 aliphatic carbocycles. The van der Waals surface area contributed by atoms with E-state index in [-0.39, 0.29) is 17.8 Å². The lowest BCUT2D eigenvalue weighted by Gasteiger charge is -2.32. The Hall–Kier alpha value is -2.73. The van der Waals surface area contributed by atoms with E-state index in [4.69, 9.17) is 9.84 Å². The van der Waals surface area contributed by atoms with E-state index in [1.165, 1.54) is 31.4 Å². The summed E-state index contributed by atoms with van der Waals surface area (Å²) in [5, 5.41) is 6.28. The summed E-state index contributed by atoms with van der Waals surface area (Å²) < 4.78 is 19.5. The van der Waals surface area contributed by atoms with E-state index < -0.39 is 0 Å². The molecule has 1 saturated carbocycles. The van der Waals surface area contributed by atoms with Gasteiger partial charge in [0.2, 0.25) is 0 Å². The molecule has 1 aliphatic heterocycles. The summed E-state index contributed by atoms with van der Waals surface area (Å²) in [6, 6.07) is 14.2. The van der Waals surface area contributed by atoms with Crippen molar-refractivity contribution in [3.05, 3.63) is 65.5 Å². The molecule has 2 aliphatic rings. The van der Waals surface area contributed by atoms with Gasteiger partial charge in [-0.2, -0.15) is 5.10 Å². The molecule has 2 aromatic rings. The second-order valence-electron chi connectivity index (χ2n) is 8.47. The van der Waals surface area contributed by atoms with Crippen LogP contribution in [0.2, 0.25) is 0 Å². The van der Waals surface area contributed by atoms with Crippen LogP contribution >= 0.6 is 0 Å². The van der Waals surface area contributed by atoms with Crippen LogP contribution in [0.3, 0.4) is 0 Å². The van der Waals surface area contributed by atoms with Crippen LogP contribution in [0.5, 0.6) is 5.75 Å². The van der Waals surface area contributed by atoms with Crippen LogP contribution in [0.4, 0.5) is 4.39 Å². The van der Waals surface area contributed by atoms with Gasteiger partial charge >= 0.3 is 0 Å². The number of ether oxygens (including phenoxy) is 1. The molecule has 164 valence electrons. The van der Waals surface area contributed by atoms with Gasteiger partial charge in [0, 0.05) is 18.0 Å². The SMILES string of the molecule is COc1ccccc1C1=NN(C(=O)CN(C)C2CCCCC2)[C@@H](c2cccc(F)c2)C1. The number of benzene rings is 2. The molecule has 0 saturated heterocycles. The van der Waals surface area contributed by atoms with Gasteiger partial charge in [-0.3, -0.25) is 9.69 Å². The number of hydrogen-bond donors (Lipinski definition) is 0. The molecule has 5 nitrogen and oxygen atoms in total. The molecular formula is C25H30FN3O2. The Labute approximate surface area is 183 Å². The maximum absolute atomic E-state index is 14.0. The van der Waals surface area contributed by atoms with Crippen LogP contribution in [0.15, 0.2) is 53.6 Å². The maximum Gasteiger partial charge on any atom is 0.257 e. The van der Waals surface area contributed by atoms with E-state index in [1.807, 2.05) is 37.4 Å². The molecule has 0 N–H and O–H groups in total. The van der Waals surface area contributed by atoms with E-state index in [1.54, 1.807) is 18.2 Å². The molecule has 2 aromatic carbocycles. The summed E-state index contributed by atoms with van der Waals surface area (Å²) in [7, 11) is 3.65. The monoisotopic (exact) mass is 423 g/mol. The highest BCUT2D eigenvalue weighted by Gasteiger charge is 2.35. The van der Waals surface area contributed by atoms with Crippen LogP contribution in [-0.4, -0.2) is 48.3 Å². The fourth-order valence-electron chi connectivity index (χ4n) is 4.70. The van der Waals surface area contributed by atoms with Crippen LogP contribution in [0.25, 0.3) is 0 Å². The first-order valence-corrected chi connectivity index (χ1v) is 11.1. The van der Waals surface area contributed by atoms with Gasteiger partial charge in [-0.05, 0) is 49.7 Å². The third-order valence-electron chi connectivity index (χ3n) is 6.40. The van der Waals surface area contributed by atoms with Crippen LogP contribution in [0.1, 0.15) is 55.7 Å². The number of hydrogen-bond acceptors (Lipinski definition) is 4. The van der Waals surface area contributed by atoms with Crippen molar-refractivity contribution in [1.82, 2.24) is 9.91 Å². The van der Waals surface area contributed by atoms with Crippen molar-refractivity contribution in [1.29, 1.82) is 0 Å². The zero-order chi connectivity index (χ0) is 21.8. The van der Waals surface area contributed by atoms with Gasteiger partial charge < -0.3 is 4.74 Å². The Morgan fingerprint density at radius 2 is 1.94 bits per heavy atom. The second-order valence-corrected chi connectivity index (χ2v) is 8.47. The van der Waals surface area contributed by atoms with E-state index in [9.17, 15) is 9.18 Å². The van der Waals surface area contributed by atoms with Gasteiger partial charge in [0.05, 0.1) is 25.4 Å². The maximum atomic E-state index is 14.0. The minimum Gasteiger partial charge on any atom is -0.496 e. The van der Waals surface area contributed by atoms with Gasteiger partial charge in [0.25, 0.3) is 5.91 Å². The molecule has 0 bridgehead atoms. The number of halogens is 1. The van der Waals surface area contributed by atoms with Crippen LogP contribution in [0, 0.1) is 5.82 Å². The number of carbonyl (C=O) groups is 1. The molecular weight excluding hydrogens is 393 g/mol. The summed E-state index contributed by atoms with van der Waals surface area (Å²) in [4.78, 5) is 15.5. The lowest BCUT2D eigenvalue weighted by Crippen LogP contribution is -2.42. The highest BCUT2D eigenvalue weighted by atomic mass is 19.1. The normalized spacial score (nSPS) is 19.5. The van der Waals surface area contributed by atoms with Gasteiger partial charge in [-0.1, -0.05) is 43.5 Å². The third kappa shape index (κ3) is 4.79. The van der Waals surface area contributed by atoms with Crippen molar-refractivity contribution in [3.8, 4) is 5.75 Å². The molecule has 1 amide bonds. The quantitative estimate of drug-likeness (QED) is 0.672. The minimum atomic E-state index is -0.331. The highest BCUT2D eigenvalue weighted by Crippen LogP contribution is 2.35. The summed E-state index contributed by atoms with van der Waals surface area (Å²) >= 11 is 0. The number of para-hydroxylation sites is 1. The number of rotatable bonds is 6. The van der Waals surface area contributed by atoms with E-state index in [0.29, 0.717) is 24.8 Å². The predicted molar refractivity (Wildman–Crippen MR) is 120 cm³/mol. The molecule has 1 fully saturated rings. The van der Waals surface area contributed by atoms with E-state index in [0.717, 1.165) is 29.7 Å². The Morgan fingerprint density at radius 1 is 1.16 bits per heavy atom. The van der Waals surface area contributed by atoms with Crippen LogP contribution in [-0.2, 0) is 4.79 Å². The molecule has 0 aromatic heterocycles. The van der Waals surface area contributed by atoms with Crippen molar-refractivity contribution in [2.45, 2.75) is 50.6 Å². The lowest BCUT2D eigenvalue weighted by molar-refractivity contribution is -0.134. The molecule has 4 rings (SSSR count). The highest BCUT2D eigenvalue weighted by molar-refractivity contribution is 6.05. The Morgan fingerprint density at radius 3 is 2.68 bits per heavy atom. The lowest BCUT2D eigenvalue weighted by atomic mass is 9.94. The summed E-state index contributed by atoms with van der Waals surface area (Å²) in [6.07, 6.45) is 6.49. The van der Waals surface area contributed by atoms with Gasteiger partial charge in [-0.15, -0.1) is 0 Å². The smallest absolute Gasteiger partial charge is 0.257 e. The van der Waals surface area contributed by atoms with Crippen molar-refractivity contribution >= 4 is 11.6 Å². The average Bonchev–Trinajstić information content (AvgIpc) is 3.25. The standard InChI is InChI=1S/C25H30FN3O2/c1-28(20-11-4-3-5-12-20)17-25(30)29-23(18-9-8-10-19(26)15-18)16-22(27-29)21-13-6-7-14-24(21)31-2/h6-10,13-15,20,23H,3-5,11-12,16-17H2,1-2H3/t23-/m1/s1. The molecule has 6 heteroatoms. The number of nitrogens with zero attached hydrogens (tertiary/aromatic N) is 3. The fourth-order valence-corrected chi connectivity index (χ4v) is 4.70. The second kappa shape index (κ2) is 9.60. The largest absolute Gasteiger partial charge is 0.496 e. The average molecular weight is 424 g/mol. The number of carbonyl (C=O) groups excluding carboxylic acids is 1. The number of likely N-dealkylation sites (N-methyl/N-ethyl adjacent to an activating group) is 1. The van der Waals surface area contributed by atoms with Crippen molar-refractivity contribution in [2.75, 3.05) is 20.7 Å². The van der Waals surface area contributed by atoms with E-state index in [2.05, 4.69) is 4.90 Å². The van der Waals surface area contributed by atoms with Gasteiger partial charge in [-0.25, -0.2) is 9.40 Å². The number of amides is 1. The Balaban J connectivity index is 1.61. The summed E-state index contributed by atoms with van der Waals surface area (Å²) in [5.74, 6) is 0.343. The first kappa shape index (κ1) is 21.5. The zero-order valence-electron chi connectivity index (χ0n) is 18.3. The summed E-state index contributed by atoms with van der Waals surface area (Å²) in [6.45, 7) is 0.305.